The zero-order chi connectivity index (χ0) is 7.73. The van der Waals surface area contributed by atoms with Gasteiger partial charge in [-0.1, -0.05) is 0 Å². The van der Waals surface area contributed by atoms with Crippen molar-refractivity contribution in [2.75, 3.05) is 13.1 Å². The second-order valence-electron chi connectivity index (χ2n) is 4.12. The van der Waals surface area contributed by atoms with Crippen molar-refractivity contribution < 1.29 is 5.11 Å². The molecular formula is C9H17NO. The molecule has 11 heavy (non-hydrogen) atoms. The average molecular weight is 155 g/mol. The summed E-state index contributed by atoms with van der Waals surface area (Å²) in [5, 5.41) is 13.0. The Kier molecular flexibility index (Phi) is 1.90. The van der Waals surface area contributed by atoms with E-state index in [1.165, 1.54) is 12.8 Å². The highest BCUT2D eigenvalue weighted by Gasteiger charge is 2.41. The lowest BCUT2D eigenvalue weighted by atomic mass is 9.91. The van der Waals surface area contributed by atoms with E-state index < -0.39 is 0 Å². The molecule has 2 N–H and O–H groups in total. The van der Waals surface area contributed by atoms with Crippen molar-refractivity contribution in [3.63, 3.8) is 0 Å². The first-order valence-corrected chi connectivity index (χ1v) is 4.72. The van der Waals surface area contributed by atoms with E-state index in [0.717, 1.165) is 38.3 Å². The van der Waals surface area contributed by atoms with Gasteiger partial charge >= 0.3 is 0 Å². The number of rotatable bonds is 2. The highest BCUT2D eigenvalue weighted by molar-refractivity contribution is 4.95. The molecule has 0 aromatic rings. The molecule has 2 fully saturated rings. The van der Waals surface area contributed by atoms with Crippen molar-refractivity contribution in [1.82, 2.24) is 5.32 Å². The van der Waals surface area contributed by atoms with Crippen LogP contribution in [0.3, 0.4) is 0 Å². The zero-order valence-electron chi connectivity index (χ0n) is 6.97. The van der Waals surface area contributed by atoms with Crippen molar-refractivity contribution >= 4 is 0 Å². The summed E-state index contributed by atoms with van der Waals surface area (Å²) in [6.07, 6.45) is 5.70. The Balaban J connectivity index is 1.76. The van der Waals surface area contributed by atoms with Gasteiger partial charge in [0.05, 0.1) is 5.60 Å². The van der Waals surface area contributed by atoms with Crippen LogP contribution in [0.1, 0.15) is 32.1 Å². The number of aliphatic hydroxyl groups is 1. The van der Waals surface area contributed by atoms with Crippen molar-refractivity contribution in [1.29, 1.82) is 0 Å². The van der Waals surface area contributed by atoms with Gasteiger partial charge in [0.1, 0.15) is 0 Å². The van der Waals surface area contributed by atoms with E-state index in [2.05, 4.69) is 5.32 Å². The third-order valence-corrected chi connectivity index (χ3v) is 2.95. The molecule has 0 amide bonds. The molecular weight excluding hydrogens is 138 g/mol. The Morgan fingerprint density at radius 2 is 1.91 bits per heavy atom. The number of hydrogen-bond donors (Lipinski definition) is 2. The van der Waals surface area contributed by atoms with Gasteiger partial charge < -0.3 is 10.4 Å². The van der Waals surface area contributed by atoms with Crippen molar-refractivity contribution in [3.8, 4) is 0 Å². The van der Waals surface area contributed by atoms with Gasteiger partial charge in [-0.15, -0.1) is 0 Å². The minimum Gasteiger partial charge on any atom is -0.390 e. The summed E-state index contributed by atoms with van der Waals surface area (Å²) in [6, 6.07) is 0. The number of piperidine rings is 1. The van der Waals surface area contributed by atoms with E-state index in [4.69, 9.17) is 0 Å². The molecule has 0 atom stereocenters. The number of hydrogen-bond acceptors (Lipinski definition) is 2. The van der Waals surface area contributed by atoms with Crippen molar-refractivity contribution in [3.05, 3.63) is 0 Å². The molecule has 0 bridgehead atoms. The lowest BCUT2D eigenvalue weighted by Gasteiger charge is -2.24. The quantitative estimate of drug-likeness (QED) is 0.621. The van der Waals surface area contributed by atoms with Gasteiger partial charge in [-0.25, -0.2) is 0 Å². The fourth-order valence-electron chi connectivity index (χ4n) is 1.97. The lowest BCUT2D eigenvalue weighted by Crippen LogP contribution is -2.30. The molecule has 1 aliphatic heterocycles. The lowest BCUT2D eigenvalue weighted by molar-refractivity contribution is 0.109. The molecule has 0 spiro atoms. The summed E-state index contributed by atoms with van der Waals surface area (Å²) < 4.78 is 0. The second kappa shape index (κ2) is 2.76. The molecule has 1 aliphatic carbocycles. The molecule has 0 unspecified atom stereocenters. The maximum Gasteiger partial charge on any atom is 0.0652 e. The predicted molar refractivity (Wildman–Crippen MR) is 44.4 cm³/mol. The summed E-state index contributed by atoms with van der Waals surface area (Å²) in [5.74, 6) is 0.795. The Hall–Kier alpha value is -0.0800. The molecule has 2 aliphatic rings. The van der Waals surface area contributed by atoms with Gasteiger partial charge in [0.2, 0.25) is 0 Å². The first-order chi connectivity index (χ1) is 5.29. The van der Waals surface area contributed by atoms with E-state index in [0.29, 0.717) is 0 Å². The topological polar surface area (TPSA) is 32.3 Å². The molecule has 2 nitrogen and oxygen atoms in total. The SMILES string of the molecule is OC1(CC2CCNCC2)CC1. The Bertz CT molecular complexity index is 136. The standard InChI is InChI=1S/C9H17NO/c11-9(3-4-9)7-8-1-5-10-6-2-8/h8,10-11H,1-7H2. The van der Waals surface area contributed by atoms with E-state index in [1.54, 1.807) is 0 Å². The van der Waals surface area contributed by atoms with Crippen LogP contribution < -0.4 is 5.32 Å². The average Bonchev–Trinajstić information content (AvgIpc) is 2.70. The number of nitrogens with one attached hydrogen (secondary N) is 1. The van der Waals surface area contributed by atoms with Crippen LogP contribution in [-0.2, 0) is 0 Å². The maximum atomic E-state index is 9.66. The summed E-state index contributed by atoms with van der Waals surface area (Å²) in [6.45, 7) is 2.31. The minimum atomic E-state index is -0.220. The van der Waals surface area contributed by atoms with E-state index >= 15 is 0 Å². The van der Waals surface area contributed by atoms with Crippen LogP contribution in [0.15, 0.2) is 0 Å². The van der Waals surface area contributed by atoms with Crippen LogP contribution in [0, 0.1) is 5.92 Å². The van der Waals surface area contributed by atoms with Gasteiger partial charge in [-0.2, -0.15) is 0 Å². The van der Waals surface area contributed by atoms with Gasteiger partial charge in [0.25, 0.3) is 0 Å². The Morgan fingerprint density at radius 3 is 2.45 bits per heavy atom. The summed E-state index contributed by atoms with van der Waals surface area (Å²) in [7, 11) is 0. The van der Waals surface area contributed by atoms with Crippen molar-refractivity contribution in [2.45, 2.75) is 37.7 Å². The van der Waals surface area contributed by atoms with Gasteiger partial charge in [-0.3, -0.25) is 0 Å². The highest BCUT2D eigenvalue weighted by Crippen LogP contribution is 2.42. The fourth-order valence-corrected chi connectivity index (χ4v) is 1.97. The van der Waals surface area contributed by atoms with Crippen LogP contribution in [0.2, 0.25) is 0 Å². The predicted octanol–water partition coefficient (Wildman–Crippen LogP) is 0.901. The monoisotopic (exact) mass is 155 g/mol. The Labute approximate surface area is 68.0 Å². The summed E-state index contributed by atoms with van der Waals surface area (Å²) >= 11 is 0. The second-order valence-corrected chi connectivity index (χ2v) is 4.12. The molecule has 1 heterocycles. The molecule has 1 saturated carbocycles. The molecule has 64 valence electrons. The first-order valence-electron chi connectivity index (χ1n) is 4.72. The van der Waals surface area contributed by atoms with E-state index in [-0.39, 0.29) is 5.60 Å². The molecule has 0 aromatic carbocycles. The third kappa shape index (κ3) is 1.94. The smallest absolute Gasteiger partial charge is 0.0652 e. The molecule has 2 heteroatoms. The normalized spacial score (nSPS) is 30.3. The molecule has 0 radical (unpaired) electrons. The highest BCUT2D eigenvalue weighted by atomic mass is 16.3. The van der Waals surface area contributed by atoms with Crippen LogP contribution in [-0.4, -0.2) is 23.8 Å². The van der Waals surface area contributed by atoms with Crippen LogP contribution in [0.5, 0.6) is 0 Å². The minimum absolute atomic E-state index is 0.220. The summed E-state index contributed by atoms with van der Waals surface area (Å²) in [4.78, 5) is 0. The Morgan fingerprint density at radius 1 is 1.27 bits per heavy atom. The van der Waals surface area contributed by atoms with Gasteiger partial charge in [0, 0.05) is 0 Å². The summed E-state index contributed by atoms with van der Waals surface area (Å²) in [5.41, 5.74) is -0.220. The largest absolute Gasteiger partial charge is 0.390 e. The molecule has 2 rings (SSSR count). The fraction of sp³-hybridized carbons (Fsp3) is 1.00. The van der Waals surface area contributed by atoms with E-state index in [1.807, 2.05) is 0 Å². The maximum absolute atomic E-state index is 9.66. The molecule has 1 saturated heterocycles. The van der Waals surface area contributed by atoms with Gasteiger partial charge in [-0.05, 0) is 51.1 Å². The van der Waals surface area contributed by atoms with Crippen LogP contribution in [0.25, 0.3) is 0 Å². The van der Waals surface area contributed by atoms with Crippen molar-refractivity contribution in [2.24, 2.45) is 5.92 Å². The van der Waals surface area contributed by atoms with E-state index in [9.17, 15) is 5.11 Å². The first kappa shape index (κ1) is 7.56. The van der Waals surface area contributed by atoms with Gasteiger partial charge in [0.15, 0.2) is 0 Å². The van der Waals surface area contributed by atoms with Crippen LogP contribution >= 0.6 is 0 Å². The third-order valence-electron chi connectivity index (χ3n) is 2.95. The zero-order valence-corrected chi connectivity index (χ0v) is 6.97. The molecule has 0 aromatic heterocycles. The van der Waals surface area contributed by atoms with Crippen LogP contribution in [0.4, 0.5) is 0 Å².